The molecule has 0 saturated carbocycles. The third-order valence-electron chi connectivity index (χ3n) is 4.94. The van der Waals surface area contributed by atoms with Crippen LogP contribution in [0.3, 0.4) is 0 Å². The molecule has 2 unspecified atom stereocenters. The Kier molecular flexibility index (Phi) is 5.09. The minimum absolute atomic E-state index is 0.0806. The minimum atomic E-state index is -0.300. The van der Waals surface area contributed by atoms with Gasteiger partial charge in [-0.25, -0.2) is 0 Å². The number of hydrogen-bond acceptors (Lipinski definition) is 5. The molecule has 6 nitrogen and oxygen atoms in total. The van der Waals surface area contributed by atoms with Crippen molar-refractivity contribution in [2.45, 2.75) is 36.7 Å². The van der Waals surface area contributed by atoms with Crippen molar-refractivity contribution in [2.24, 2.45) is 0 Å². The molecule has 1 aliphatic heterocycles. The summed E-state index contributed by atoms with van der Waals surface area (Å²) in [7, 11) is 1.63. The molecule has 1 amide bonds. The Bertz CT molecular complexity index is 1000. The first-order chi connectivity index (χ1) is 13.6. The number of carbonyl (C=O) groups is 1. The Morgan fingerprint density at radius 1 is 1.18 bits per heavy atom. The maximum Gasteiger partial charge on any atom is 0.240 e. The number of para-hydroxylation sites is 3. The summed E-state index contributed by atoms with van der Waals surface area (Å²) in [6, 6.07) is 15.9. The minimum Gasteiger partial charge on any atom is -0.495 e. The number of anilines is 1. The third kappa shape index (κ3) is 3.26. The second-order valence-corrected chi connectivity index (χ2v) is 8.11. The summed E-state index contributed by atoms with van der Waals surface area (Å²) in [5.74, 6) is 0.808. The first-order valence-corrected chi connectivity index (χ1v) is 10.1. The standard InChI is InChI=1S/C21H22N4O2S/c1-14-12-16-8-4-5-9-17(16)25(14)20(26)15(2)28-21-23-22-13-24(21)18-10-6-7-11-19(18)27-3/h4-11,13-15H,12H2,1-3H3. The van der Waals surface area contributed by atoms with Crippen LogP contribution in [0.5, 0.6) is 5.75 Å². The van der Waals surface area contributed by atoms with Crippen LogP contribution in [0.1, 0.15) is 19.4 Å². The lowest BCUT2D eigenvalue weighted by Crippen LogP contribution is -2.40. The summed E-state index contributed by atoms with van der Waals surface area (Å²) < 4.78 is 7.31. The fourth-order valence-corrected chi connectivity index (χ4v) is 4.49. The van der Waals surface area contributed by atoms with E-state index in [0.717, 1.165) is 23.5 Å². The molecule has 1 aromatic heterocycles. The van der Waals surface area contributed by atoms with Gasteiger partial charge in [0.1, 0.15) is 12.1 Å². The quantitative estimate of drug-likeness (QED) is 0.617. The molecule has 0 radical (unpaired) electrons. The largest absolute Gasteiger partial charge is 0.495 e. The number of methoxy groups -OCH3 is 1. The molecule has 4 rings (SSSR count). The zero-order valence-corrected chi connectivity index (χ0v) is 16.9. The Morgan fingerprint density at radius 2 is 1.89 bits per heavy atom. The van der Waals surface area contributed by atoms with Gasteiger partial charge in [0.2, 0.25) is 5.91 Å². The summed E-state index contributed by atoms with van der Waals surface area (Å²) in [5.41, 5.74) is 3.08. The van der Waals surface area contributed by atoms with Crippen LogP contribution in [0.15, 0.2) is 60.0 Å². The van der Waals surface area contributed by atoms with E-state index in [2.05, 4.69) is 23.2 Å². The average molecular weight is 395 g/mol. The van der Waals surface area contributed by atoms with Gasteiger partial charge in [-0.1, -0.05) is 42.1 Å². The Balaban J connectivity index is 1.58. The molecule has 0 aliphatic carbocycles. The van der Waals surface area contributed by atoms with E-state index < -0.39 is 0 Å². The highest BCUT2D eigenvalue weighted by molar-refractivity contribution is 8.00. The van der Waals surface area contributed by atoms with Gasteiger partial charge in [-0.2, -0.15) is 0 Å². The number of fused-ring (bicyclic) bond motifs is 1. The Morgan fingerprint density at radius 3 is 2.68 bits per heavy atom. The van der Waals surface area contributed by atoms with E-state index in [1.165, 1.54) is 17.3 Å². The van der Waals surface area contributed by atoms with Crippen LogP contribution in [-0.2, 0) is 11.2 Å². The van der Waals surface area contributed by atoms with E-state index in [1.54, 1.807) is 13.4 Å². The van der Waals surface area contributed by atoms with E-state index in [1.807, 2.05) is 58.9 Å². The average Bonchev–Trinajstić information content (AvgIpc) is 3.30. The van der Waals surface area contributed by atoms with E-state index in [9.17, 15) is 4.79 Å². The maximum atomic E-state index is 13.2. The highest BCUT2D eigenvalue weighted by atomic mass is 32.2. The number of aromatic nitrogens is 3. The van der Waals surface area contributed by atoms with Gasteiger partial charge in [0.15, 0.2) is 5.16 Å². The molecular weight excluding hydrogens is 372 g/mol. The van der Waals surface area contributed by atoms with Gasteiger partial charge in [-0.3, -0.25) is 9.36 Å². The summed E-state index contributed by atoms with van der Waals surface area (Å²) in [6.07, 6.45) is 2.53. The second kappa shape index (κ2) is 7.67. The van der Waals surface area contributed by atoms with Crippen molar-refractivity contribution in [3.63, 3.8) is 0 Å². The summed E-state index contributed by atoms with van der Waals surface area (Å²) in [6.45, 7) is 4.01. The molecule has 0 saturated heterocycles. The molecule has 1 aliphatic rings. The van der Waals surface area contributed by atoms with Crippen LogP contribution in [0.2, 0.25) is 0 Å². The molecule has 2 aromatic carbocycles. The lowest BCUT2D eigenvalue weighted by molar-refractivity contribution is -0.118. The zero-order chi connectivity index (χ0) is 19.7. The molecule has 28 heavy (non-hydrogen) atoms. The zero-order valence-electron chi connectivity index (χ0n) is 16.1. The van der Waals surface area contributed by atoms with Gasteiger partial charge in [0.05, 0.1) is 18.0 Å². The molecule has 3 aromatic rings. The van der Waals surface area contributed by atoms with Crippen LogP contribution in [0, 0.1) is 0 Å². The molecule has 2 atom stereocenters. The van der Waals surface area contributed by atoms with Gasteiger partial charge in [0.25, 0.3) is 0 Å². The summed E-state index contributed by atoms with van der Waals surface area (Å²) >= 11 is 1.41. The van der Waals surface area contributed by atoms with Gasteiger partial charge in [-0.05, 0) is 44.0 Å². The molecule has 0 fully saturated rings. The van der Waals surface area contributed by atoms with Crippen molar-refractivity contribution >= 4 is 23.4 Å². The Hall–Kier alpha value is -2.80. The van der Waals surface area contributed by atoms with E-state index in [-0.39, 0.29) is 17.2 Å². The van der Waals surface area contributed by atoms with Gasteiger partial charge in [-0.15, -0.1) is 10.2 Å². The maximum absolute atomic E-state index is 13.2. The van der Waals surface area contributed by atoms with Crippen molar-refractivity contribution in [3.05, 3.63) is 60.4 Å². The van der Waals surface area contributed by atoms with Crippen molar-refractivity contribution < 1.29 is 9.53 Å². The van der Waals surface area contributed by atoms with Crippen LogP contribution >= 0.6 is 11.8 Å². The molecule has 7 heteroatoms. The first kappa shape index (κ1) is 18.6. The number of ether oxygens (including phenoxy) is 1. The molecule has 0 bridgehead atoms. The lowest BCUT2D eigenvalue weighted by Gasteiger charge is -2.25. The van der Waals surface area contributed by atoms with Crippen LogP contribution in [0.4, 0.5) is 5.69 Å². The number of benzene rings is 2. The van der Waals surface area contributed by atoms with Gasteiger partial charge < -0.3 is 9.64 Å². The first-order valence-electron chi connectivity index (χ1n) is 9.21. The van der Waals surface area contributed by atoms with Gasteiger partial charge >= 0.3 is 0 Å². The Labute approximate surface area is 168 Å². The topological polar surface area (TPSA) is 60.2 Å². The molecular formula is C21H22N4O2S. The SMILES string of the molecule is COc1ccccc1-n1cnnc1SC(C)C(=O)N1c2ccccc2CC1C. The van der Waals surface area contributed by atoms with Crippen LogP contribution in [0.25, 0.3) is 5.69 Å². The highest BCUT2D eigenvalue weighted by Gasteiger charge is 2.34. The molecule has 144 valence electrons. The smallest absolute Gasteiger partial charge is 0.240 e. The normalized spacial score (nSPS) is 16.7. The number of amides is 1. The fourth-order valence-electron chi connectivity index (χ4n) is 3.60. The summed E-state index contributed by atoms with van der Waals surface area (Å²) in [4.78, 5) is 15.2. The predicted molar refractivity (Wildman–Crippen MR) is 110 cm³/mol. The molecule has 2 heterocycles. The number of thioether (sulfide) groups is 1. The fraction of sp³-hybridized carbons (Fsp3) is 0.286. The number of hydrogen-bond donors (Lipinski definition) is 0. The molecule has 0 N–H and O–H groups in total. The van der Waals surface area contributed by atoms with Crippen molar-refractivity contribution in [3.8, 4) is 11.4 Å². The second-order valence-electron chi connectivity index (χ2n) is 6.81. The number of nitrogens with zero attached hydrogens (tertiary/aromatic N) is 4. The van der Waals surface area contributed by atoms with Crippen LogP contribution < -0.4 is 9.64 Å². The number of rotatable bonds is 5. The van der Waals surface area contributed by atoms with E-state index in [4.69, 9.17) is 4.74 Å². The van der Waals surface area contributed by atoms with E-state index >= 15 is 0 Å². The molecule has 0 spiro atoms. The van der Waals surface area contributed by atoms with Crippen molar-refractivity contribution in [1.82, 2.24) is 14.8 Å². The number of carbonyl (C=O) groups excluding carboxylic acids is 1. The lowest BCUT2D eigenvalue weighted by atomic mass is 10.1. The van der Waals surface area contributed by atoms with Crippen LogP contribution in [-0.4, -0.2) is 39.1 Å². The third-order valence-corrected chi connectivity index (χ3v) is 5.98. The van der Waals surface area contributed by atoms with Crippen molar-refractivity contribution in [1.29, 1.82) is 0 Å². The van der Waals surface area contributed by atoms with Gasteiger partial charge in [0, 0.05) is 11.7 Å². The monoisotopic (exact) mass is 394 g/mol. The summed E-state index contributed by atoms with van der Waals surface area (Å²) in [5, 5.41) is 8.63. The highest BCUT2D eigenvalue weighted by Crippen LogP contribution is 2.35. The van der Waals surface area contributed by atoms with Crippen molar-refractivity contribution in [2.75, 3.05) is 12.0 Å². The predicted octanol–water partition coefficient (Wildman–Crippen LogP) is 3.73. The van der Waals surface area contributed by atoms with E-state index in [0.29, 0.717) is 5.16 Å².